The number of allylic oxidation sites excluding steroid dienone is 1. The van der Waals surface area contributed by atoms with Gasteiger partial charge in [-0.2, -0.15) is 0 Å². The van der Waals surface area contributed by atoms with Crippen molar-refractivity contribution in [1.82, 2.24) is 15.5 Å². The number of nitrogens with zero attached hydrogens (tertiary/aromatic N) is 1. The van der Waals surface area contributed by atoms with Crippen LogP contribution in [0, 0.1) is 12.7 Å². The minimum atomic E-state index is -0.193. The fourth-order valence-corrected chi connectivity index (χ4v) is 5.30. The van der Waals surface area contributed by atoms with Crippen LogP contribution in [0.15, 0.2) is 59.6 Å². The normalized spacial score (nSPS) is 19.8. The van der Waals surface area contributed by atoms with Crippen molar-refractivity contribution in [2.75, 3.05) is 13.1 Å². The molecule has 33 heavy (non-hydrogen) atoms. The summed E-state index contributed by atoms with van der Waals surface area (Å²) in [5, 5.41) is 8.39. The van der Waals surface area contributed by atoms with E-state index in [2.05, 4.69) is 22.8 Å². The fourth-order valence-electron chi connectivity index (χ4n) is 4.43. The molecule has 4 rings (SSSR count). The summed E-state index contributed by atoms with van der Waals surface area (Å²) in [6.07, 6.45) is 3.01. The van der Waals surface area contributed by atoms with Crippen molar-refractivity contribution in [3.63, 3.8) is 0 Å². The van der Waals surface area contributed by atoms with Crippen LogP contribution in [0.1, 0.15) is 48.4 Å². The summed E-state index contributed by atoms with van der Waals surface area (Å²) in [5.74, 6) is -0.268. The van der Waals surface area contributed by atoms with E-state index < -0.39 is 0 Å². The highest BCUT2D eigenvalue weighted by Crippen LogP contribution is 2.32. The summed E-state index contributed by atoms with van der Waals surface area (Å²) in [4.78, 5) is 27.0. The zero-order valence-electron chi connectivity index (χ0n) is 18.9. The molecular formula is C26H30FN3O2S. The summed E-state index contributed by atoms with van der Waals surface area (Å²) in [6, 6.07) is 15.3. The van der Waals surface area contributed by atoms with Crippen molar-refractivity contribution in [2.24, 2.45) is 0 Å². The Morgan fingerprint density at radius 2 is 1.97 bits per heavy atom. The van der Waals surface area contributed by atoms with Crippen molar-refractivity contribution >= 4 is 23.6 Å². The van der Waals surface area contributed by atoms with E-state index in [0.29, 0.717) is 18.5 Å². The van der Waals surface area contributed by atoms with Crippen LogP contribution in [0.3, 0.4) is 0 Å². The summed E-state index contributed by atoms with van der Waals surface area (Å²) in [6.45, 7) is 3.01. The molecule has 0 aliphatic carbocycles. The summed E-state index contributed by atoms with van der Waals surface area (Å²) in [5.41, 5.74) is 3.80. The van der Waals surface area contributed by atoms with Crippen molar-refractivity contribution in [3.8, 4) is 0 Å². The van der Waals surface area contributed by atoms with Crippen LogP contribution in [0.5, 0.6) is 0 Å². The zero-order chi connectivity index (χ0) is 23.2. The Morgan fingerprint density at radius 1 is 1.15 bits per heavy atom. The number of thioether (sulfide) groups is 1. The van der Waals surface area contributed by atoms with E-state index in [1.165, 1.54) is 6.07 Å². The van der Waals surface area contributed by atoms with Gasteiger partial charge in [0.15, 0.2) is 0 Å². The molecule has 2 atom stereocenters. The van der Waals surface area contributed by atoms with Gasteiger partial charge in [0, 0.05) is 38.0 Å². The first-order valence-corrected chi connectivity index (χ1v) is 12.4. The number of benzene rings is 2. The first-order valence-electron chi connectivity index (χ1n) is 11.5. The summed E-state index contributed by atoms with van der Waals surface area (Å²) in [7, 11) is 0. The first-order chi connectivity index (χ1) is 16.0. The van der Waals surface area contributed by atoms with E-state index in [1.807, 2.05) is 34.6 Å². The predicted octanol–water partition coefficient (Wildman–Crippen LogP) is 4.44. The number of nitrogens with one attached hydrogen (secondary N) is 2. The fraction of sp³-hybridized carbons (Fsp3) is 0.385. The van der Waals surface area contributed by atoms with E-state index >= 15 is 0 Å². The molecule has 2 aliphatic heterocycles. The number of carbonyl (C=O) groups is 2. The summed E-state index contributed by atoms with van der Waals surface area (Å²) >= 11 is 1.61. The number of amides is 2. The minimum absolute atomic E-state index is 0.0366. The van der Waals surface area contributed by atoms with Crippen molar-refractivity contribution in [1.29, 1.82) is 0 Å². The maximum atomic E-state index is 13.8. The van der Waals surface area contributed by atoms with Crippen LogP contribution in [0.25, 0.3) is 0 Å². The number of likely N-dealkylation sites (tertiary alicyclic amines) is 1. The van der Waals surface area contributed by atoms with Gasteiger partial charge in [0.1, 0.15) is 5.82 Å². The summed E-state index contributed by atoms with van der Waals surface area (Å²) < 4.78 is 13.8. The Morgan fingerprint density at radius 3 is 2.79 bits per heavy atom. The Labute approximate surface area is 198 Å². The van der Waals surface area contributed by atoms with Crippen LogP contribution in [-0.2, 0) is 16.0 Å². The van der Waals surface area contributed by atoms with Gasteiger partial charge in [-0.1, -0.05) is 42.5 Å². The van der Waals surface area contributed by atoms with Gasteiger partial charge in [-0.05, 0) is 47.9 Å². The Bertz CT molecular complexity index is 1030. The van der Waals surface area contributed by atoms with Gasteiger partial charge in [0.05, 0.1) is 11.4 Å². The van der Waals surface area contributed by atoms with Gasteiger partial charge >= 0.3 is 0 Å². The highest BCUT2D eigenvalue weighted by atomic mass is 32.2. The lowest BCUT2D eigenvalue weighted by Crippen LogP contribution is -2.37. The molecule has 2 amide bonds. The van der Waals surface area contributed by atoms with E-state index in [1.54, 1.807) is 24.8 Å². The molecule has 2 N–H and O–H groups in total. The molecule has 174 valence electrons. The number of hydrogen-bond acceptors (Lipinski definition) is 4. The molecule has 2 aromatic rings. The van der Waals surface area contributed by atoms with Gasteiger partial charge in [-0.15, -0.1) is 11.8 Å². The maximum Gasteiger partial charge on any atom is 0.223 e. The van der Waals surface area contributed by atoms with Crippen LogP contribution < -0.4 is 10.6 Å². The topological polar surface area (TPSA) is 61.4 Å². The maximum absolute atomic E-state index is 13.8. The van der Waals surface area contributed by atoms with E-state index in [0.717, 1.165) is 36.2 Å². The highest BCUT2D eigenvalue weighted by molar-refractivity contribution is 8.03. The van der Waals surface area contributed by atoms with Crippen molar-refractivity contribution in [3.05, 3.63) is 82.1 Å². The monoisotopic (exact) mass is 467 g/mol. The van der Waals surface area contributed by atoms with Crippen LogP contribution >= 0.6 is 11.8 Å². The number of carbonyl (C=O) groups excluding carboxylic acids is 2. The van der Waals surface area contributed by atoms with E-state index in [4.69, 9.17) is 0 Å². The highest BCUT2D eigenvalue weighted by Gasteiger charge is 2.29. The van der Waals surface area contributed by atoms with Crippen molar-refractivity contribution < 1.29 is 14.0 Å². The molecule has 0 saturated carbocycles. The molecular weight excluding hydrogens is 437 g/mol. The quantitative estimate of drug-likeness (QED) is 0.603. The Kier molecular flexibility index (Phi) is 7.70. The average Bonchev–Trinajstić information content (AvgIpc) is 3.49. The third-order valence-corrected chi connectivity index (χ3v) is 7.32. The smallest absolute Gasteiger partial charge is 0.223 e. The van der Waals surface area contributed by atoms with Crippen molar-refractivity contribution in [2.45, 2.75) is 50.4 Å². The lowest BCUT2D eigenvalue weighted by molar-refractivity contribution is -0.134. The second-order valence-electron chi connectivity index (χ2n) is 8.57. The van der Waals surface area contributed by atoms with Gasteiger partial charge < -0.3 is 15.5 Å². The van der Waals surface area contributed by atoms with Gasteiger partial charge in [-0.25, -0.2) is 4.39 Å². The molecule has 7 heteroatoms. The molecule has 0 radical (unpaired) electrons. The number of rotatable bonds is 8. The number of halogens is 1. The van der Waals surface area contributed by atoms with Gasteiger partial charge in [0.2, 0.25) is 11.8 Å². The molecule has 5 nitrogen and oxygen atoms in total. The third-order valence-electron chi connectivity index (χ3n) is 6.29. The average molecular weight is 468 g/mol. The van der Waals surface area contributed by atoms with Crippen LogP contribution in [0.4, 0.5) is 4.39 Å². The molecule has 0 bridgehead atoms. The second kappa shape index (κ2) is 10.9. The molecule has 0 spiro atoms. The van der Waals surface area contributed by atoms with E-state index in [-0.39, 0.29) is 41.9 Å². The lowest BCUT2D eigenvalue weighted by Gasteiger charge is -2.25. The third kappa shape index (κ3) is 5.96. The zero-order valence-corrected chi connectivity index (χ0v) is 19.7. The molecule has 2 heterocycles. The minimum Gasteiger partial charge on any atom is -0.374 e. The molecule has 2 aromatic carbocycles. The SMILES string of the molecule is Cc1c(F)cccc1CC1=CSC(CNC(=O)CCC(=O)N2CCCC2c2ccccc2)N1. The molecule has 1 fully saturated rings. The molecule has 1 saturated heterocycles. The second-order valence-corrected chi connectivity index (χ2v) is 9.65. The van der Waals surface area contributed by atoms with E-state index in [9.17, 15) is 14.0 Å². The van der Waals surface area contributed by atoms with Gasteiger partial charge in [-0.3, -0.25) is 9.59 Å². The largest absolute Gasteiger partial charge is 0.374 e. The predicted molar refractivity (Wildman–Crippen MR) is 130 cm³/mol. The molecule has 2 aliphatic rings. The Hall–Kier alpha value is -2.80. The Balaban J connectivity index is 1.18. The lowest BCUT2D eigenvalue weighted by atomic mass is 10.0. The standard InChI is InChI=1S/C26H30FN3O2S/c1-18-20(9-5-10-22(18)27)15-21-17-33-25(29-21)16-28-24(31)12-13-26(32)30-14-6-11-23(30)19-7-3-2-4-8-19/h2-5,7-10,17,23,25,29H,6,11-16H2,1H3,(H,28,31). The molecule has 0 aromatic heterocycles. The first kappa shape index (κ1) is 23.4. The van der Waals surface area contributed by atoms with Gasteiger partial charge in [0.25, 0.3) is 0 Å². The van der Waals surface area contributed by atoms with Crippen LogP contribution in [-0.4, -0.2) is 35.2 Å². The van der Waals surface area contributed by atoms with Crippen LogP contribution in [0.2, 0.25) is 0 Å². The molecule has 2 unspecified atom stereocenters. The number of hydrogen-bond donors (Lipinski definition) is 2.